The Morgan fingerprint density at radius 2 is 2.21 bits per heavy atom. The number of para-hydroxylation sites is 2. The molecule has 1 atom stereocenters. The van der Waals surface area contributed by atoms with Gasteiger partial charge in [-0.05, 0) is 18.6 Å². The van der Waals surface area contributed by atoms with Crippen molar-refractivity contribution >= 4 is 11.0 Å². The zero-order valence-electron chi connectivity index (χ0n) is 8.33. The van der Waals surface area contributed by atoms with E-state index in [1.54, 1.807) is 0 Å². The average molecular weight is 189 g/mol. The smallest absolute Gasteiger partial charge is 0.108 e. The van der Waals surface area contributed by atoms with Crippen molar-refractivity contribution in [1.82, 2.24) is 9.97 Å². The second-order valence-corrected chi connectivity index (χ2v) is 3.57. The Hall–Kier alpha value is -1.35. The fraction of sp³-hybridized carbons (Fsp3) is 0.364. The summed E-state index contributed by atoms with van der Waals surface area (Å²) in [5, 5.41) is 0. The molecule has 0 aliphatic rings. The van der Waals surface area contributed by atoms with Gasteiger partial charge in [0.1, 0.15) is 5.82 Å². The topological polar surface area (TPSA) is 54.7 Å². The Morgan fingerprint density at radius 3 is 2.93 bits per heavy atom. The van der Waals surface area contributed by atoms with E-state index in [1.165, 1.54) is 0 Å². The molecule has 0 aliphatic heterocycles. The van der Waals surface area contributed by atoms with Gasteiger partial charge >= 0.3 is 0 Å². The molecule has 0 fully saturated rings. The molecule has 0 saturated heterocycles. The predicted octanol–water partition coefficient (Wildman–Crippen LogP) is 1.84. The predicted molar refractivity (Wildman–Crippen MR) is 58.1 cm³/mol. The maximum atomic E-state index is 5.87. The van der Waals surface area contributed by atoms with Crippen molar-refractivity contribution in [2.45, 2.75) is 25.8 Å². The van der Waals surface area contributed by atoms with Crippen LogP contribution in [0.3, 0.4) is 0 Å². The number of nitrogens with zero attached hydrogens (tertiary/aromatic N) is 1. The number of H-pyrrole nitrogens is 1. The molecule has 3 N–H and O–H groups in total. The van der Waals surface area contributed by atoms with Crippen LogP contribution in [0.4, 0.5) is 0 Å². The summed E-state index contributed by atoms with van der Waals surface area (Å²) in [6, 6.07) is 8.24. The minimum Gasteiger partial charge on any atom is -0.342 e. The van der Waals surface area contributed by atoms with E-state index in [-0.39, 0.29) is 6.04 Å². The van der Waals surface area contributed by atoms with Crippen LogP contribution in [0.5, 0.6) is 0 Å². The van der Waals surface area contributed by atoms with E-state index < -0.39 is 0 Å². The van der Waals surface area contributed by atoms with Gasteiger partial charge in [0.05, 0.1) is 11.0 Å². The zero-order chi connectivity index (χ0) is 9.97. The van der Waals surface area contributed by atoms with E-state index in [9.17, 15) is 0 Å². The molecule has 0 radical (unpaired) electrons. The number of nitrogens with one attached hydrogen (secondary N) is 1. The molecule has 3 heteroatoms. The molecule has 1 aromatic carbocycles. The molecule has 0 aliphatic carbocycles. The molecule has 2 rings (SSSR count). The molecule has 0 saturated carbocycles. The standard InChI is InChI=1S/C11H15N3/c1-2-8(12)7-11-13-9-5-3-4-6-10(9)14-11/h3-6,8H,2,7,12H2,1H3,(H,13,14). The average Bonchev–Trinajstić information content (AvgIpc) is 2.59. The van der Waals surface area contributed by atoms with Gasteiger partial charge in [-0.2, -0.15) is 0 Å². The van der Waals surface area contributed by atoms with Crippen molar-refractivity contribution < 1.29 is 0 Å². The van der Waals surface area contributed by atoms with Crippen LogP contribution in [0.15, 0.2) is 24.3 Å². The molecular weight excluding hydrogens is 174 g/mol. The first kappa shape index (κ1) is 9.21. The Morgan fingerprint density at radius 1 is 1.43 bits per heavy atom. The number of hydrogen-bond donors (Lipinski definition) is 2. The number of benzene rings is 1. The van der Waals surface area contributed by atoms with Crippen LogP contribution in [0.2, 0.25) is 0 Å². The molecular formula is C11H15N3. The summed E-state index contributed by atoms with van der Waals surface area (Å²) in [4.78, 5) is 7.73. The number of aromatic amines is 1. The minimum absolute atomic E-state index is 0.204. The zero-order valence-corrected chi connectivity index (χ0v) is 8.33. The number of imidazole rings is 1. The van der Waals surface area contributed by atoms with Crippen LogP contribution in [0.1, 0.15) is 19.2 Å². The van der Waals surface area contributed by atoms with Crippen molar-refractivity contribution in [1.29, 1.82) is 0 Å². The van der Waals surface area contributed by atoms with Gasteiger partial charge in [0.15, 0.2) is 0 Å². The summed E-state index contributed by atoms with van der Waals surface area (Å²) >= 11 is 0. The lowest BCUT2D eigenvalue weighted by molar-refractivity contribution is 0.630. The lowest BCUT2D eigenvalue weighted by Gasteiger charge is -2.04. The molecule has 14 heavy (non-hydrogen) atoms. The van der Waals surface area contributed by atoms with Gasteiger partial charge < -0.3 is 10.7 Å². The highest BCUT2D eigenvalue weighted by Crippen LogP contribution is 2.11. The van der Waals surface area contributed by atoms with E-state index in [4.69, 9.17) is 5.73 Å². The van der Waals surface area contributed by atoms with E-state index in [2.05, 4.69) is 16.9 Å². The minimum atomic E-state index is 0.204. The first-order valence-corrected chi connectivity index (χ1v) is 4.99. The maximum Gasteiger partial charge on any atom is 0.108 e. The van der Waals surface area contributed by atoms with E-state index >= 15 is 0 Å². The molecule has 1 heterocycles. The van der Waals surface area contributed by atoms with Crippen molar-refractivity contribution in [2.24, 2.45) is 5.73 Å². The van der Waals surface area contributed by atoms with E-state index in [0.717, 1.165) is 29.7 Å². The quantitative estimate of drug-likeness (QED) is 0.774. The van der Waals surface area contributed by atoms with Gasteiger partial charge in [-0.3, -0.25) is 0 Å². The third kappa shape index (κ3) is 1.77. The highest BCUT2D eigenvalue weighted by atomic mass is 14.9. The number of rotatable bonds is 3. The molecule has 2 aromatic rings. The largest absolute Gasteiger partial charge is 0.342 e. The lowest BCUT2D eigenvalue weighted by Crippen LogP contribution is -2.21. The highest BCUT2D eigenvalue weighted by Gasteiger charge is 2.05. The van der Waals surface area contributed by atoms with Crippen LogP contribution in [-0.2, 0) is 6.42 Å². The van der Waals surface area contributed by atoms with Gasteiger partial charge in [0.25, 0.3) is 0 Å². The normalized spacial score (nSPS) is 13.3. The lowest BCUT2D eigenvalue weighted by atomic mass is 10.2. The summed E-state index contributed by atoms with van der Waals surface area (Å²) in [6.07, 6.45) is 1.81. The Bertz CT molecular complexity index is 386. The van der Waals surface area contributed by atoms with Gasteiger partial charge in [0, 0.05) is 12.5 Å². The number of nitrogens with two attached hydrogens (primary N) is 1. The van der Waals surface area contributed by atoms with Crippen molar-refractivity contribution in [3.8, 4) is 0 Å². The number of fused-ring (bicyclic) bond motifs is 1. The second-order valence-electron chi connectivity index (χ2n) is 3.57. The molecule has 3 nitrogen and oxygen atoms in total. The van der Waals surface area contributed by atoms with Crippen molar-refractivity contribution in [3.05, 3.63) is 30.1 Å². The van der Waals surface area contributed by atoms with Crippen LogP contribution in [0, 0.1) is 0 Å². The summed E-state index contributed by atoms with van der Waals surface area (Å²) < 4.78 is 0. The first-order valence-electron chi connectivity index (χ1n) is 4.99. The van der Waals surface area contributed by atoms with Gasteiger partial charge in [0.2, 0.25) is 0 Å². The van der Waals surface area contributed by atoms with Crippen molar-refractivity contribution in [2.75, 3.05) is 0 Å². The van der Waals surface area contributed by atoms with E-state index in [1.807, 2.05) is 24.3 Å². The van der Waals surface area contributed by atoms with Crippen LogP contribution >= 0.6 is 0 Å². The van der Waals surface area contributed by atoms with Crippen molar-refractivity contribution in [3.63, 3.8) is 0 Å². The fourth-order valence-electron chi connectivity index (χ4n) is 1.49. The van der Waals surface area contributed by atoms with Gasteiger partial charge in [-0.25, -0.2) is 4.98 Å². The third-order valence-electron chi connectivity index (χ3n) is 2.42. The SMILES string of the molecule is CCC(N)Cc1nc2ccccc2[nH]1. The third-order valence-corrected chi connectivity index (χ3v) is 2.42. The molecule has 0 bridgehead atoms. The molecule has 0 spiro atoms. The van der Waals surface area contributed by atoms with E-state index in [0.29, 0.717) is 0 Å². The number of hydrogen-bond acceptors (Lipinski definition) is 2. The summed E-state index contributed by atoms with van der Waals surface area (Å²) in [5.74, 6) is 0.987. The highest BCUT2D eigenvalue weighted by molar-refractivity contribution is 5.74. The van der Waals surface area contributed by atoms with Gasteiger partial charge in [-0.15, -0.1) is 0 Å². The maximum absolute atomic E-state index is 5.87. The molecule has 0 amide bonds. The molecule has 1 unspecified atom stereocenters. The Kier molecular flexibility index (Phi) is 2.50. The summed E-state index contributed by atoms with van der Waals surface area (Å²) in [6.45, 7) is 2.09. The summed E-state index contributed by atoms with van der Waals surface area (Å²) in [5.41, 5.74) is 7.97. The molecule has 1 aromatic heterocycles. The Labute approximate surface area is 83.3 Å². The molecule has 74 valence electrons. The Balaban J connectivity index is 2.27. The van der Waals surface area contributed by atoms with Crippen LogP contribution in [0.25, 0.3) is 11.0 Å². The van der Waals surface area contributed by atoms with Crippen LogP contribution < -0.4 is 5.73 Å². The van der Waals surface area contributed by atoms with Gasteiger partial charge in [-0.1, -0.05) is 19.1 Å². The summed E-state index contributed by atoms with van der Waals surface area (Å²) in [7, 11) is 0. The monoisotopic (exact) mass is 189 g/mol. The fourth-order valence-corrected chi connectivity index (χ4v) is 1.49. The number of aromatic nitrogens is 2. The first-order chi connectivity index (χ1) is 6.79. The second kappa shape index (κ2) is 3.80. The van der Waals surface area contributed by atoms with Crippen LogP contribution in [-0.4, -0.2) is 16.0 Å².